The summed E-state index contributed by atoms with van der Waals surface area (Å²) in [6.45, 7) is 5.61. The molecule has 0 unspecified atom stereocenters. The lowest BCUT2D eigenvalue weighted by atomic mass is 9.90. The highest BCUT2D eigenvalue weighted by molar-refractivity contribution is 6.06. The number of fused-ring (bicyclic) bond motifs is 1. The second-order valence-corrected chi connectivity index (χ2v) is 9.24. The summed E-state index contributed by atoms with van der Waals surface area (Å²) in [7, 11) is 1.68. The normalized spacial score (nSPS) is 14.8. The molecule has 4 aromatic rings. The maximum atomic E-state index is 13.7. The highest BCUT2D eigenvalue weighted by atomic mass is 16.5. The molecule has 1 aliphatic rings. The first-order valence-electron chi connectivity index (χ1n) is 11.9. The van der Waals surface area contributed by atoms with Gasteiger partial charge in [-0.05, 0) is 74.9 Å². The van der Waals surface area contributed by atoms with Gasteiger partial charge < -0.3 is 14.1 Å². The van der Waals surface area contributed by atoms with Gasteiger partial charge in [0, 0.05) is 19.1 Å². The highest BCUT2D eigenvalue weighted by Gasteiger charge is 2.27. The summed E-state index contributed by atoms with van der Waals surface area (Å²) >= 11 is 0. The van der Waals surface area contributed by atoms with Crippen LogP contribution in [-0.4, -0.2) is 45.8 Å². The van der Waals surface area contributed by atoms with Crippen LogP contribution in [0.15, 0.2) is 59.3 Å². The smallest absolute Gasteiger partial charge is 0.254 e. The molecule has 0 spiro atoms. The first-order valence-corrected chi connectivity index (χ1v) is 11.9. The summed E-state index contributed by atoms with van der Waals surface area (Å²) in [6, 6.07) is 14.0. The zero-order chi connectivity index (χ0) is 23.7. The number of nitrogens with zero attached hydrogens (tertiary/aromatic N) is 4. The Balaban J connectivity index is 1.36. The first kappa shape index (κ1) is 22.2. The SMILES string of the molecule is COc1ccc(CC2CCN(C(=O)c3cc(-c4ccco4)nc4c3cnn4C(C)C)CC2)cc1. The molecule has 0 radical (unpaired) electrons. The van der Waals surface area contributed by atoms with E-state index < -0.39 is 0 Å². The summed E-state index contributed by atoms with van der Waals surface area (Å²) in [5, 5.41) is 5.31. The molecule has 34 heavy (non-hydrogen) atoms. The van der Waals surface area contributed by atoms with Crippen LogP contribution in [0.2, 0.25) is 0 Å². The summed E-state index contributed by atoms with van der Waals surface area (Å²) in [6.07, 6.45) is 6.38. The number of aromatic nitrogens is 3. The van der Waals surface area contributed by atoms with E-state index in [0.717, 1.165) is 43.5 Å². The largest absolute Gasteiger partial charge is 0.497 e. The number of rotatable bonds is 6. The van der Waals surface area contributed by atoms with E-state index in [-0.39, 0.29) is 11.9 Å². The average Bonchev–Trinajstić information content (AvgIpc) is 3.54. The van der Waals surface area contributed by atoms with Crippen molar-refractivity contribution in [3.8, 4) is 17.2 Å². The minimum atomic E-state index is 0.0337. The number of hydrogen-bond acceptors (Lipinski definition) is 5. The predicted octanol–water partition coefficient (Wildman–Crippen LogP) is 5.38. The van der Waals surface area contributed by atoms with Crippen LogP contribution in [-0.2, 0) is 6.42 Å². The number of ether oxygens (including phenoxy) is 1. The summed E-state index contributed by atoms with van der Waals surface area (Å²) < 4.78 is 12.7. The van der Waals surface area contributed by atoms with Gasteiger partial charge in [0.05, 0.1) is 30.5 Å². The van der Waals surface area contributed by atoms with E-state index in [1.165, 1.54) is 5.56 Å². The number of piperidine rings is 1. The number of amides is 1. The molecule has 1 amide bonds. The van der Waals surface area contributed by atoms with Crippen molar-refractivity contribution in [3.05, 3.63) is 66.1 Å². The number of likely N-dealkylation sites (tertiary alicyclic amines) is 1. The monoisotopic (exact) mass is 458 g/mol. The summed E-state index contributed by atoms with van der Waals surface area (Å²) in [5.74, 6) is 2.12. The van der Waals surface area contributed by atoms with E-state index in [4.69, 9.17) is 14.1 Å². The number of hydrogen-bond donors (Lipinski definition) is 0. The lowest BCUT2D eigenvalue weighted by Crippen LogP contribution is -2.39. The Morgan fingerprint density at radius 2 is 1.94 bits per heavy atom. The molecule has 7 heteroatoms. The standard InChI is InChI=1S/C27H30N4O3/c1-18(2)31-26-23(17-28-31)22(16-24(29-26)25-5-4-14-34-25)27(32)30-12-10-20(11-13-30)15-19-6-8-21(33-3)9-7-19/h4-9,14,16-18,20H,10-13,15H2,1-3H3. The van der Waals surface area contributed by atoms with Crippen LogP contribution in [0.4, 0.5) is 0 Å². The van der Waals surface area contributed by atoms with E-state index in [0.29, 0.717) is 28.6 Å². The zero-order valence-corrected chi connectivity index (χ0v) is 19.9. The number of carbonyl (C=O) groups excluding carboxylic acids is 1. The summed E-state index contributed by atoms with van der Waals surface area (Å²) in [4.78, 5) is 20.4. The molecule has 1 aromatic carbocycles. The molecule has 1 saturated heterocycles. The number of benzene rings is 1. The van der Waals surface area contributed by atoms with E-state index in [1.54, 1.807) is 19.6 Å². The van der Waals surface area contributed by atoms with E-state index in [1.807, 2.05) is 39.9 Å². The van der Waals surface area contributed by atoms with E-state index in [9.17, 15) is 4.79 Å². The minimum absolute atomic E-state index is 0.0337. The molecule has 3 aromatic heterocycles. The van der Waals surface area contributed by atoms with Crippen LogP contribution in [0.3, 0.4) is 0 Å². The number of furan rings is 1. The Hall–Kier alpha value is -3.61. The lowest BCUT2D eigenvalue weighted by Gasteiger charge is -2.32. The van der Waals surface area contributed by atoms with Crippen molar-refractivity contribution < 1.29 is 13.9 Å². The third-order valence-corrected chi connectivity index (χ3v) is 6.65. The van der Waals surface area contributed by atoms with Crippen molar-refractivity contribution >= 4 is 16.9 Å². The second-order valence-electron chi connectivity index (χ2n) is 9.24. The maximum absolute atomic E-state index is 13.7. The van der Waals surface area contributed by atoms with Crippen molar-refractivity contribution in [1.29, 1.82) is 0 Å². The van der Waals surface area contributed by atoms with Crippen molar-refractivity contribution in [2.45, 2.75) is 39.2 Å². The topological polar surface area (TPSA) is 73.4 Å². The van der Waals surface area contributed by atoms with Crippen LogP contribution in [0.1, 0.15) is 48.7 Å². The van der Waals surface area contributed by atoms with Gasteiger partial charge in [0.2, 0.25) is 0 Å². The highest BCUT2D eigenvalue weighted by Crippen LogP contribution is 2.29. The van der Waals surface area contributed by atoms with Gasteiger partial charge in [-0.15, -0.1) is 0 Å². The molecule has 0 N–H and O–H groups in total. The molecule has 1 aliphatic heterocycles. The Morgan fingerprint density at radius 1 is 1.18 bits per heavy atom. The molecule has 0 bridgehead atoms. The molecule has 4 heterocycles. The second kappa shape index (κ2) is 9.33. The molecule has 5 rings (SSSR count). The number of carbonyl (C=O) groups is 1. The Bertz CT molecular complexity index is 1270. The van der Waals surface area contributed by atoms with Crippen molar-refractivity contribution in [1.82, 2.24) is 19.7 Å². The van der Waals surface area contributed by atoms with Crippen LogP contribution in [0.25, 0.3) is 22.5 Å². The van der Waals surface area contributed by atoms with Crippen LogP contribution in [0, 0.1) is 5.92 Å². The Labute approximate surface area is 199 Å². The lowest BCUT2D eigenvalue weighted by molar-refractivity contribution is 0.0692. The number of pyridine rings is 1. The van der Waals surface area contributed by atoms with Gasteiger partial charge in [-0.1, -0.05) is 12.1 Å². The molecular weight excluding hydrogens is 428 g/mol. The first-order chi connectivity index (χ1) is 16.5. The van der Waals surface area contributed by atoms with Gasteiger partial charge in [-0.25, -0.2) is 9.67 Å². The van der Waals surface area contributed by atoms with Crippen LogP contribution in [0.5, 0.6) is 5.75 Å². The fraction of sp³-hybridized carbons (Fsp3) is 0.370. The Morgan fingerprint density at radius 3 is 2.59 bits per heavy atom. The van der Waals surface area contributed by atoms with Gasteiger partial charge in [0.25, 0.3) is 5.91 Å². The van der Waals surface area contributed by atoms with Gasteiger partial charge in [-0.2, -0.15) is 5.10 Å². The van der Waals surface area contributed by atoms with Crippen LogP contribution >= 0.6 is 0 Å². The third-order valence-electron chi connectivity index (χ3n) is 6.65. The zero-order valence-electron chi connectivity index (χ0n) is 19.9. The quantitative estimate of drug-likeness (QED) is 0.388. The van der Waals surface area contributed by atoms with Crippen molar-refractivity contribution in [2.75, 3.05) is 20.2 Å². The van der Waals surface area contributed by atoms with Gasteiger partial charge >= 0.3 is 0 Å². The predicted molar refractivity (Wildman–Crippen MR) is 131 cm³/mol. The van der Waals surface area contributed by atoms with Gasteiger partial charge in [0.15, 0.2) is 11.4 Å². The third kappa shape index (κ3) is 4.30. The molecule has 0 saturated carbocycles. The van der Waals surface area contributed by atoms with E-state index >= 15 is 0 Å². The molecule has 7 nitrogen and oxygen atoms in total. The van der Waals surface area contributed by atoms with E-state index in [2.05, 4.69) is 31.1 Å². The molecular formula is C27H30N4O3. The fourth-order valence-corrected chi connectivity index (χ4v) is 4.73. The van der Waals surface area contributed by atoms with Crippen LogP contribution < -0.4 is 4.74 Å². The van der Waals surface area contributed by atoms with Gasteiger partial charge in [-0.3, -0.25) is 4.79 Å². The van der Waals surface area contributed by atoms with Crippen molar-refractivity contribution in [3.63, 3.8) is 0 Å². The minimum Gasteiger partial charge on any atom is -0.497 e. The molecule has 1 fully saturated rings. The fourth-order valence-electron chi connectivity index (χ4n) is 4.73. The van der Waals surface area contributed by atoms with Crippen molar-refractivity contribution in [2.24, 2.45) is 5.92 Å². The number of methoxy groups -OCH3 is 1. The average molecular weight is 459 g/mol. The maximum Gasteiger partial charge on any atom is 0.254 e. The Kier molecular flexibility index (Phi) is 6.09. The molecule has 0 aliphatic carbocycles. The van der Waals surface area contributed by atoms with Gasteiger partial charge in [0.1, 0.15) is 11.4 Å². The summed E-state index contributed by atoms with van der Waals surface area (Å²) in [5.41, 5.74) is 3.31. The molecule has 0 atom stereocenters. The molecule has 176 valence electrons.